The minimum Gasteiger partial charge on any atom is -0.478 e. The lowest BCUT2D eigenvalue weighted by molar-refractivity contribution is -0.157. The molecule has 16 nitrogen and oxygen atoms in total. The SMILES string of the molecule is CC(C)(C)OC(=O)N1C(=O)CCC2(CC(=O)N(c3ccc(Br)cc3)C2)C1=O.CC(C)(C)OC(=O)N1C(=O)CCC2(CC(=O)N(c3ccc(C(=O)O)cc3)C2)C1=O. The lowest BCUT2D eigenvalue weighted by Crippen LogP contribution is -2.55. The van der Waals surface area contributed by atoms with Gasteiger partial charge in [0.15, 0.2) is 0 Å². The van der Waals surface area contributed by atoms with Crippen LogP contribution in [0.1, 0.15) is 90.4 Å². The molecule has 2 spiro atoms. The van der Waals surface area contributed by atoms with E-state index in [0.717, 1.165) is 4.47 Å². The van der Waals surface area contributed by atoms with E-state index in [-0.39, 0.29) is 69.0 Å². The second-order valence-corrected chi connectivity index (χ2v) is 17.1. The van der Waals surface area contributed by atoms with E-state index in [1.165, 1.54) is 34.1 Å². The molecule has 4 fully saturated rings. The van der Waals surface area contributed by atoms with Crippen LogP contribution in [0.3, 0.4) is 0 Å². The molecule has 4 saturated heterocycles. The lowest BCUT2D eigenvalue weighted by Gasteiger charge is -2.36. The Hall–Kier alpha value is -5.45. The molecule has 2 unspecified atom stereocenters. The van der Waals surface area contributed by atoms with E-state index in [4.69, 9.17) is 14.6 Å². The molecule has 0 saturated carbocycles. The summed E-state index contributed by atoms with van der Waals surface area (Å²) in [6.45, 7) is 10.0. The number of imide groups is 6. The van der Waals surface area contributed by atoms with Gasteiger partial charge in [0, 0.05) is 54.6 Å². The number of piperidine rings is 2. The summed E-state index contributed by atoms with van der Waals surface area (Å²) in [5.74, 6) is -4.25. The van der Waals surface area contributed by atoms with E-state index in [0.29, 0.717) is 21.2 Å². The number of anilines is 2. The third kappa shape index (κ3) is 8.67. The number of hydrogen-bond acceptors (Lipinski definition) is 11. The van der Waals surface area contributed by atoms with E-state index >= 15 is 0 Å². The van der Waals surface area contributed by atoms with E-state index in [1.807, 2.05) is 12.1 Å². The average molecular weight is 840 g/mol. The van der Waals surface area contributed by atoms with Crippen molar-refractivity contribution < 1.29 is 57.7 Å². The summed E-state index contributed by atoms with van der Waals surface area (Å²) in [5.41, 5.74) is -2.81. The number of benzene rings is 2. The fourth-order valence-electron chi connectivity index (χ4n) is 6.98. The quantitative estimate of drug-likeness (QED) is 0.384. The predicted octanol–water partition coefficient (Wildman–Crippen LogP) is 5.45. The summed E-state index contributed by atoms with van der Waals surface area (Å²) >= 11 is 3.35. The smallest absolute Gasteiger partial charge is 0.424 e. The molecule has 2 aromatic rings. The summed E-state index contributed by atoms with van der Waals surface area (Å²) in [6.07, 6.45) is -1.83. The van der Waals surface area contributed by atoms with Crippen LogP contribution in [0.2, 0.25) is 0 Å². The van der Waals surface area contributed by atoms with Crippen molar-refractivity contribution in [2.24, 2.45) is 10.8 Å². The van der Waals surface area contributed by atoms with Crippen LogP contribution in [0.15, 0.2) is 53.0 Å². The average Bonchev–Trinajstić information content (AvgIpc) is 3.61. The second-order valence-electron chi connectivity index (χ2n) is 16.2. The van der Waals surface area contributed by atoms with Gasteiger partial charge in [0.2, 0.25) is 35.4 Å². The first-order valence-electron chi connectivity index (χ1n) is 17.9. The van der Waals surface area contributed by atoms with Crippen molar-refractivity contribution >= 4 is 80.9 Å². The van der Waals surface area contributed by atoms with Crippen LogP contribution in [0.25, 0.3) is 0 Å². The fraction of sp³-hybridized carbons (Fsp3) is 0.462. The molecule has 298 valence electrons. The van der Waals surface area contributed by atoms with Crippen LogP contribution in [0.5, 0.6) is 0 Å². The second kappa shape index (κ2) is 15.2. The number of ether oxygens (including phenoxy) is 2. The molecular weight excluding hydrogens is 796 g/mol. The number of hydrogen-bond donors (Lipinski definition) is 1. The first kappa shape index (κ1) is 41.7. The molecule has 2 aromatic carbocycles. The zero-order chi connectivity index (χ0) is 41.5. The molecule has 0 aliphatic carbocycles. The highest BCUT2D eigenvalue weighted by Gasteiger charge is 2.58. The Morgan fingerprint density at radius 1 is 0.607 bits per heavy atom. The molecule has 1 N–H and O–H groups in total. The molecule has 8 amide bonds. The molecule has 56 heavy (non-hydrogen) atoms. The van der Waals surface area contributed by atoms with Gasteiger partial charge in [0.1, 0.15) is 11.2 Å². The number of carboxylic acids is 1. The summed E-state index contributed by atoms with van der Waals surface area (Å²) in [7, 11) is 0. The number of carboxylic acid groups (broad SMARTS) is 1. The van der Waals surface area contributed by atoms with Gasteiger partial charge < -0.3 is 24.4 Å². The summed E-state index contributed by atoms with van der Waals surface area (Å²) in [6, 6.07) is 12.9. The monoisotopic (exact) mass is 838 g/mol. The van der Waals surface area contributed by atoms with Gasteiger partial charge >= 0.3 is 18.2 Å². The van der Waals surface area contributed by atoms with Crippen LogP contribution in [-0.2, 0) is 38.2 Å². The molecule has 2 atom stereocenters. The number of aromatic carboxylic acids is 1. The molecule has 0 bridgehead atoms. The minimum absolute atomic E-state index is 0.00363. The zero-order valence-corrected chi connectivity index (χ0v) is 33.5. The van der Waals surface area contributed by atoms with Gasteiger partial charge in [-0.3, -0.25) is 28.8 Å². The number of rotatable bonds is 3. The van der Waals surface area contributed by atoms with Gasteiger partial charge in [-0.25, -0.2) is 14.4 Å². The highest BCUT2D eigenvalue weighted by Crippen LogP contribution is 2.44. The predicted molar refractivity (Wildman–Crippen MR) is 201 cm³/mol. The summed E-state index contributed by atoms with van der Waals surface area (Å²) in [5, 5.41) is 9.01. The first-order valence-corrected chi connectivity index (χ1v) is 18.7. The van der Waals surface area contributed by atoms with Gasteiger partial charge in [0.25, 0.3) is 0 Å². The molecule has 17 heteroatoms. The van der Waals surface area contributed by atoms with Crippen LogP contribution in [0.4, 0.5) is 21.0 Å². The van der Waals surface area contributed by atoms with Gasteiger partial charge in [0.05, 0.1) is 16.4 Å². The van der Waals surface area contributed by atoms with Crippen molar-refractivity contribution in [3.05, 3.63) is 58.6 Å². The molecule has 0 aromatic heterocycles. The van der Waals surface area contributed by atoms with Gasteiger partial charge in [-0.15, -0.1) is 0 Å². The molecule has 4 heterocycles. The molecular formula is C39H43BrN4O12. The Morgan fingerprint density at radius 3 is 1.30 bits per heavy atom. The minimum atomic E-state index is -1.20. The van der Waals surface area contributed by atoms with Crippen molar-refractivity contribution in [1.29, 1.82) is 0 Å². The summed E-state index contributed by atoms with van der Waals surface area (Å²) < 4.78 is 11.3. The van der Waals surface area contributed by atoms with E-state index in [2.05, 4.69) is 15.9 Å². The molecule has 4 aliphatic heterocycles. The van der Waals surface area contributed by atoms with Gasteiger partial charge in [-0.05, 0) is 103 Å². The largest absolute Gasteiger partial charge is 0.478 e. The molecule has 6 rings (SSSR count). The Morgan fingerprint density at radius 2 is 0.964 bits per heavy atom. The first-order chi connectivity index (χ1) is 26.0. The van der Waals surface area contributed by atoms with Crippen molar-refractivity contribution in [2.75, 3.05) is 22.9 Å². The molecule has 0 radical (unpaired) electrons. The third-order valence-electron chi connectivity index (χ3n) is 9.67. The van der Waals surface area contributed by atoms with Crippen LogP contribution in [0, 0.1) is 10.8 Å². The number of nitrogens with zero attached hydrogens (tertiary/aromatic N) is 4. The molecule has 4 aliphatic rings. The van der Waals surface area contributed by atoms with E-state index in [1.54, 1.807) is 53.7 Å². The van der Waals surface area contributed by atoms with Crippen molar-refractivity contribution in [2.45, 2.75) is 91.3 Å². The highest BCUT2D eigenvalue weighted by molar-refractivity contribution is 9.10. The lowest BCUT2D eigenvalue weighted by atomic mass is 9.78. The Kier molecular flexibility index (Phi) is 11.3. The standard InChI is InChI=1S/C20H22N2O7.C19H21BrN2O5/c1-19(2,3)29-18(28)22-14(23)8-9-20(17(22)27)10-15(24)21(11-20)13-6-4-12(5-7-13)16(25)26;1-18(2,3)27-17(26)22-14(23)8-9-19(16(22)25)10-15(24)21(11-19)13-6-4-12(20)5-7-13/h4-7H,8-11H2,1-3H3,(H,25,26);4-7H,8-11H2,1-3H3. The number of halogens is 1. The Labute approximate surface area is 331 Å². The van der Waals surface area contributed by atoms with Crippen molar-refractivity contribution in [3.8, 4) is 0 Å². The number of carbonyl (C=O) groups is 9. The van der Waals surface area contributed by atoms with Gasteiger partial charge in [-0.1, -0.05) is 15.9 Å². The Bertz CT molecular complexity index is 2000. The van der Waals surface area contributed by atoms with E-state index in [9.17, 15) is 43.2 Å². The fourth-order valence-corrected chi connectivity index (χ4v) is 7.24. The zero-order valence-electron chi connectivity index (χ0n) is 31.9. The third-order valence-corrected chi connectivity index (χ3v) is 10.2. The maximum absolute atomic E-state index is 13.1. The number of likely N-dealkylation sites (tertiary alicyclic amines) is 2. The maximum atomic E-state index is 13.1. The van der Waals surface area contributed by atoms with Crippen LogP contribution in [-0.4, -0.2) is 92.8 Å². The van der Waals surface area contributed by atoms with Crippen molar-refractivity contribution in [1.82, 2.24) is 9.80 Å². The van der Waals surface area contributed by atoms with Crippen LogP contribution < -0.4 is 9.80 Å². The topological polar surface area (TPSA) is 205 Å². The summed E-state index contributed by atoms with van der Waals surface area (Å²) in [4.78, 5) is 116. The maximum Gasteiger partial charge on any atom is 0.424 e. The van der Waals surface area contributed by atoms with Gasteiger partial charge in [-0.2, -0.15) is 9.80 Å². The van der Waals surface area contributed by atoms with Crippen LogP contribution >= 0.6 is 15.9 Å². The highest BCUT2D eigenvalue weighted by atomic mass is 79.9. The van der Waals surface area contributed by atoms with E-state index < -0.39 is 63.8 Å². The van der Waals surface area contributed by atoms with Crippen molar-refractivity contribution in [3.63, 3.8) is 0 Å². The number of carbonyl (C=O) groups excluding carboxylic acids is 8. The normalized spacial score (nSPS) is 22.8. The number of amides is 8. The Balaban J connectivity index is 0.000000215.